The molecular weight excluding hydrogens is 264 g/mol. The van der Waals surface area contributed by atoms with Gasteiger partial charge in [-0.05, 0) is 36.8 Å². The van der Waals surface area contributed by atoms with E-state index in [0.29, 0.717) is 17.5 Å². The summed E-state index contributed by atoms with van der Waals surface area (Å²) in [6.45, 7) is 0. The molecule has 1 aromatic carbocycles. The average Bonchev–Trinajstić information content (AvgIpc) is 3.01. The number of para-hydroxylation sites is 2. The van der Waals surface area contributed by atoms with Gasteiger partial charge in [-0.15, -0.1) is 0 Å². The van der Waals surface area contributed by atoms with Crippen LogP contribution in [0.5, 0.6) is 0 Å². The molecule has 0 aliphatic rings. The van der Waals surface area contributed by atoms with Crippen LogP contribution in [0.3, 0.4) is 0 Å². The fraction of sp³-hybridized carbons (Fsp3) is 0.214. The van der Waals surface area contributed by atoms with Crippen molar-refractivity contribution >= 4 is 22.7 Å². The molecule has 5 heteroatoms. The molecule has 1 N–H and O–H groups in total. The largest absolute Gasteiger partial charge is 0.453 e. The van der Waals surface area contributed by atoms with E-state index in [1.807, 2.05) is 37.4 Å². The monoisotopic (exact) mass is 276 g/mol. The number of hydrogen-bond acceptors (Lipinski definition) is 4. The zero-order valence-electron chi connectivity index (χ0n) is 10.4. The lowest BCUT2D eigenvalue weighted by atomic mass is 10.1. The summed E-state index contributed by atoms with van der Waals surface area (Å²) in [6, 6.07) is 9.58. The lowest BCUT2D eigenvalue weighted by molar-refractivity contribution is 0.470. The van der Waals surface area contributed by atoms with E-state index >= 15 is 0 Å². The van der Waals surface area contributed by atoms with Crippen molar-refractivity contribution in [1.29, 1.82) is 0 Å². The van der Waals surface area contributed by atoms with Crippen LogP contribution in [-0.4, -0.2) is 12.0 Å². The Labute approximate surface area is 115 Å². The SMILES string of the molecule is CNC(Cc1nc2ccccc2o1)c1ccoc1Cl. The number of hydrogen-bond donors (Lipinski definition) is 1. The Kier molecular flexibility index (Phi) is 3.27. The first kappa shape index (κ1) is 12.3. The Morgan fingerprint density at radius 3 is 2.84 bits per heavy atom. The quantitative estimate of drug-likeness (QED) is 0.791. The van der Waals surface area contributed by atoms with Crippen LogP contribution < -0.4 is 5.32 Å². The number of nitrogens with zero attached hydrogens (tertiary/aromatic N) is 1. The molecular formula is C14H13ClN2O2. The van der Waals surface area contributed by atoms with E-state index in [9.17, 15) is 0 Å². The lowest BCUT2D eigenvalue weighted by Gasteiger charge is -2.12. The van der Waals surface area contributed by atoms with E-state index in [1.165, 1.54) is 0 Å². The summed E-state index contributed by atoms with van der Waals surface area (Å²) in [5.41, 5.74) is 2.57. The van der Waals surface area contributed by atoms with Gasteiger partial charge in [0.2, 0.25) is 0 Å². The molecule has 2 heterocycles. The van der Waals surface area contributed by atoms with Crippen molar-refractivity contribution in [2.45, 2.75) is 12.5 Å². The standard InChI is InChI=1S/C14H13ClN2O2/c1-16-11(9-6-7-18-14(9)15)8-13-17-10-4-2-3-5-12(10)19-13/h2-7,11,16H,8H2,1H3. The van der Waals surface area contributed by atoms with Crippen molar-refractivity contribution in [2.75, 3.05) is 7.05 Å². The summed E-state index contributed by atoms with van der Waals surface area (Å²) in [5.74, 6) is 0.679. The maximum absolute atomic E-state index is 6.00. The smallest absolute Gasteiger partial charge is 0.197 e. The van der Waals surface area contributed by atoms with E-state index in [0.717, 1.165) is 16.7 Å². The van der Waals surface area contributed by atoms with E-state index in [2.05, 4.69) is 10.3 Å². The second-order valence-corrected chi connectivity index (χ2v) is 4.61. The number of halogens is 1. The Morgan fingerprint density at radius 2 is 2.16 bits per heavy atom. The maximum Gasteiger partial charge on any atom is 0.197 e. The minimum Gasteiger partial charge on any atom is -0.453 e. The van der Waals surface area contributed by atoms with Gasteiger partial charge in [0.25, 0.3) is 0 Å². The van der Waals surface area contributed by atoms with Gasteiger partial charge < -0.3 is 14.2 Å². The van der Waals surface area contributed by atoms with Gasteiger partial charge in [-0.1, -0.05) is 12.1 Å². The van der Waals surface area contributed by atoms with Gasteiger partial charge in [-0.25, -0.2) is 4.98 Å². The summed E-state index contributed by atoms with van der Waals surface area (Å²) in [7, 11) is 1.87. The third-order valence-corrected chi connectivity index (χ3v) is 3.39. The number of fused-ring (bicyclic) bond motifs is 1. The molecule has 1 atom stereocenters. The predicted molar refractivity (Wildman–Crippen MR) is 73.2 cm³/mol. The molecule has 0 radical (unpaired) electrons. The second-order valence-electron chi connectivity index (χ2n) is 4.27. The van der Waals surface area contributed by atoms with Crippen LogP contribution >= 0.6 is 11.6 Å². The highest BCUT2D eigenvalue weighted by molar-refractivity contribution is 6.29. The highest BCUT2D eigenvalue weighted by Crippen LogP contribution is 2.27. The minimum atomic E-state index is 0.0133. The van der Waals surface area contributed by atoms with Crippen molar-refractivity contribution in [3.05, 3.63) is 53.3 Å². The van der Waals surface area contributed by atoms with Gasteiger partial charge in [-0.2, -0.15) is 0 Å². The van der Waals surface area contributed by atoms with Gasteiger partial charge in [-0.3, -0.25) is 0 Å². The first-order chi connectivity index (χ1) is 9.28. The van der Waals surface area contributed by atoms with Gasteiger partial charge in [0.05, 0.1) is 6.26 Å². The molecule has 0 aliphatic carbocycles. The summed E-state index contributed by atoms with van der Waals surface area (Å²) in [5, 5.41) is 3.59. The number of nitrogens with one attached hydrogen (secondary N) is 1. The molecule has 0 bridgehead atoms. The second kappa shape index (κ2) is 5.07. The molecule has 0 aliphatic heterocycles. The van der Waals surface area contributed by atoms with Gasteiger partial charge in [0.15, 0.2) is 16.7 Å². The number of likely N-dealkylation sites (N-methyl/N-ethyl adjacent to an activating group) is 1. The molecule has 0 amide bonds. The van der Waals surface area contributed by atoms with Crippen LogP contribution in [0.4, 0.5) is 0 Å². The summed E-state index contributed by atoms with van der Waals surface area (Å²) in [4.78, 5) is 4.46. The Morgan fingerprint density at radius 1 is 1.32 bits per heavy atom. The normalized spacial score (nSPS) is 12.9. The van der Waals surface area contributed by atoms with Crippen molar-refractivity contribution in [1.82, 2.24) is 10.3 Å². The molecule has 1 unspecified atom stereocenters. The summed E-state index contributed by atoms with van der Waals surface area (Å²) >= 11 is 6.00. The van der Waals surface area contributed by atoms with Crippen molar-refractivity contribution < 1.29 is 8.83 Å². The number of aromatic nitrogens is 1. The summed E-state index contributed by atoms with van der Waals surface area (Å²) < 4.78 is 10.8. The van der Waals surface area contributed by atoms with Crippen LogP contribution in [0.1, 0.15) is 17.5 Å². The van der Waals surface area contributed by atoms with Crippen molar-refractivity contribution in [2.24, 2.45) is 0 Å². The molecule has 3 rings (SSSR count). The molecule has 98 valence electrons. The summed E-state index contributed by atoms with van der Waals surface area (Å²) in [6.07, 6.45) is 2.19. The maximum atomic E-state index is 6.00. The van der Waals surface area contributed by atoms with E-state index in [4.69, 9.17) is 20.4 Å². The Bertz CT molecular complexity index is 656. The van der Waals surface area contributed by atoms with Crippen molar-refractivity contribution in [3.63, 3.8) is 0 Å². The van der Waals surface area contributed by atoms with E-state index in [-0.39, 0.29) is 6.04 Å². The molecule has 0 fully saturated rings. The molecule has 4 nitrogen and oxygen atoms in total. The van der Waals surface area contributed by atoms with Crippen LogP contribution in [0, 0.1) is 0 Å². The number of rotatable bonds is 4. The van der Waals surface area contributed by atoms with Gasteiger partial charge >= 0.3 is 0 Å². The topological polar surface area (TPSA) is 51.2 Å². The molecule has 2 aromatic heterocycles. The first-order valence-corrected chi connectivity index (χ1v) is 6.40. The molecule has 0 saturated heterocycles. The zero-order chi connectivity index (χ0) is 13.2. The number of furan rings is 1. The van der Waals surface area contributed by atoms with E-state index in [1.54, 1.807) is 6.26 Å². The third kappa shape index (κ3) is 2.37. The predicted octanol–water partition coefficient (Wildman–Crippen LogP) is 3.58. The Hall–Kier alpha value is -1.78. The number of oxazole rings is 1. The van der Waals surface area contributed by atoms with Crippen LogP contribution in [0.15, 0.2) is 45.4 Å². The van der Waals surface area contributed by atoms with Crippen molar-refractivity contribution in [3.8, 4) is 0 Å². The molecule has 3 aromatic rings. The highest BCUT2D eigenvalue weighted by Gasteiger charge is 2.18. The molecule has 0 spiro atoms. The fourth-order valence-electron chi connectivity index (χ4n) is 2.10. The van der Waals surface area contributed by atoms with Crippen LogP contribution in [0.25, 0.3) is 11.1 Å². The lowest BCUT2D eigenvalue weighted by Crippen LogP contribution is -2.18. The molecule has 0 saturated carbocycles. The van der Waals surface area contributed by atoms with Crippen LogP contribution in [0.2, 0.25) is 5.22 Å². The fourth-order valence-corrected chi connectivity index (χ4v) is 2.35. The number of benzene rings is 1. The zero-order valence-corrected chi connectivity index (χ0v) is 11.1. The first-order valence-electron chi connectivity index (χ1n) is 6.02. The van der Waals surface area contributed by atoms with Gasteiger partial charge in [0.1, 0.15) is 5.52 Å². The Balaban J connectivity index is 1.88. The van der Waals surface area contributed by atoms with Crippen LogP contribution in [-0.2, 0) is 6.42 Å². The van der Waals surface area contributed by atoms with E-state index < -0.39 is 0 Å². The molecule has 19 heavy (non-hydrogen) atoms. The average molecular weight is 277 g/mol. The third-order valence-electron chi connectivity index (χ3n) is 3.09. The highest BCUT2D eigenvalue weighted by atomic mass is 35.5. The minimum absolute atomic E-state index is 0.0133. The van der Waals surface area contributed by atoms with Gasteiger partial charge in [0, 0.05) is 18.0 Å².